The van der Waals surface area contributed by atoms with Gasteiger partial charge in [0, 0.05) is 6.08 Å². The Balaban J connectivity index is 3.68. The van der Waals surface area contributed by atoms with E-state index in [0.29, 0.717) is 0 Å². The normalized spacial score (nSPS) is 14.1. The first kappa shape index (κ1) is 9.88. The van der Waals surface area contributed by atoms with E-state index in [0.717, 1.165) is 0 Å². The van der Waals surface area contributed by atoms with Crippen molar-refractivity contribution in [2.24, 2.45) is 0 Å². The Bertz CT molecular complexity index is 171. The molecule has 0 heterocycles. The molecule has 0 N–H and O–H groups in total. The Kier molecular flexibility index (Phi) is 5.07. The van der Waals surface area contributed by atoms with Gasteiger partial charge in [0.05, 0.1) is 7.11 Å². The summed E-state index contributed by atoms with van der Waals surface area (Å²) in [5.74, 6) is -0.443. The van der Waals surface area contributed by atoms with Crippen molar-refractivity contribution in [2.75, 3.05) is 7.11 Å². The topological polar surface area (TPSA) is 26.3 Å². The van der Waals surface area contributed by atoms with Gasteiger partial charge in [-0.05, 0) is 6.92 Å². The first-order chi connectivity index (χ1) is 5.16. The molecule has 1 atom stereocenters. The molecule has 0 saturated carbocycles. The summed E-state index contributed by atoms with van der Waals surface area (Å²) in [4.78, 5) is 10.4. The molecule has 62 valence electrons. The van der Waals surface area contributed by atoms with Crippen LogP contribution in [0.1, 0.15) is 6.92 Å². The number of allylic oxidation sites excluding steroid dienone is 3. The van der Waals surface area contributed by atoms with Crippen LogP contribution in [0, 0.1) is 0 Å². The van der Waals surface area contributed by atoms with Crippen LogP contribution in [-0.2, 0) is 9.53 Å². The van der Waals surface area contributed by atoms with Crippen LogP contribution in [0.2, 0.25) is 0 Å². The van der Waals surface area contributed by atoms with Gasteiger partial charge in [-0.1, -0.05) is 18.2 Å². The quantitative estimate of drug-likeness (QED) is 0.354. The summed E-state index contributed by atoms with van der Waals surface area (Å²) in [6, 6.07) is 0. The molecule has 0 fully saturated rings. The van der Waals surface area contributed by atoms with E-state index in [2.05, 4.69) is 4.74 Å². The summed E-state index contributed by atoms with van der Waals surface area (Å²) in [6.45, 7) is 1.41. The minimum atomic E-state index is -0.989. The Morgan fingerprint density at radius 2 is 2.18 bits per heavy atom. The van der Waals surface area contributed by atoms with Crippen LogP contribution >= 0.6 is 0 Å². The number of hydrogen-bond donors (Lipinski definition) is 0. The highest BCUT2D eigenvalue weighted by molar-refractivity contribution is 5.82. The van der Waals surface area contributed by atoms with Gasteiger partial charge in [0.1, 0.15) is 6.17 Å². The maximum absolute atomic E-state index is 12.1. The first-order valence-corrected chi connectivity index (χ1v) is 3.23. The van der Waals surface area contributed by atoms with E-state index in [4.69, 9.17) is 0 Å². The predicted molar refractivity (Wildman–Crippen MR) is 40.9 cm³/mol. The summed E-state index contributed by atoms with van der Waals surface area (Å²) >= 11 is 0. The molecular formula is C8H11FO2. The molecule has 0 aliphatic heterocycles. The fourth-order valence-electron chi connectivity index (χ4n) is 0.419. The minimum Gasteiger partial charge on any atom is -0.466 e. The summed E-state index contributed by atoms with van der Waals surface area (Å²) in [7, 11) is 1.29. The van der Waals surface area contributed by atoms with Gasteiger partial charge in [-0.15, -0.1) is 0 Å². The number of carbonyl (C=O) groups excluding carboxylic acids is 1. The van der Waals surface area contributed by atoms with Gasteiger partial charge >= 0.3 is 5.97 Å². The van der Waals surface area contributed by atoms with Crippen molar-refractivity contribution >= 4 is 5.97 Å². The second kappa shape index (κ2) is 5.65. The van der Waals surface area contributed by atoms with Crippen LogP contribution in [-0.4, -0.2) is 19.3 Å². The van der Waals surface area contributed by atoms with Crippen LogP contribution in [0.25, 0.3) is 0 Å². The average Bonchev–Trinajstić information content (AvgIpc) is 1.97. The summed E-state index contributed by atoms with van der Waals surface area (Å²) < 4.78 is 16.4. The third-order valence-electron chi connectivity index (χ3n) is 0.921. The molecule has 2 nitrogen and oxygen atoms in total. The van der Waals surface area contributed by atoms with Crippen molar-refractivity contribution < 1.29 is 13.9 Å². The number of hydrogen-bond acceptors (Lipinski definition) is 2. The average molecular weight is 158 g/mol. The highest BCUT2D eigenvalue weighted by Gasteiger charge is 1.88. The molecule has 0 aromatic rings. The van der Waals surface area contributed by atoms with Crippen LogP contribution in [0.5, 0.6) is 0 Å². The molecule has 0 aliphatic rings. The number of halogens is 1. The predicted octanol–water partition coefficient (Wildman–Crippen LogP) is 1.63. The first-order valence-electron chi connectivity index (χ1n) is 3.23. The standard InChI is InChI=1S/C8H11FO2/c1-7(9)5-3-4-6-8(10)11-2/h3-7H,1-2H3/b5-3+,6-4+. The zero-order chi connectivity index (χ0) is 8.69. The van der Waals surface area contributed by atoms with Crippen LogP contribution in [0.4, 0.5) is 4.39 Å². The van der Waals surface area contributed by atoms with Crippen molar-refractivity contribution in [2.45, 2.75) is 13.1 Å². The zero-order valence-corrected chi connectivity index (χ0v) is 6.58. The number of methoxy groups -OCH3 is 1. The van der Waals surface area contributed by atoms with E-state index in [1.807, 2.05) is 0 Å². The van der Waals surface area contributed by atoms with Gasteiger partial charge in [0.25, 0.3) is 0 Å². The van der Waals surface area contributed by atoms with Crippen molar-refractivity contribution in [3.05, 3.63) is 24.3 Å². The number of carbonyl (C=O) groups is 1. The molecule has 1 unspecified atom stereocenters. The van der Waals surface area contributed by atoms with Crippen molar-refractivity contribution in [1.29, 1.82) is 0 Å². The van der Waals surface area contributed by atoms with Gasteiger partial charge in [-0.25, -0.2) is 9.18 Å². The van der Waals surface area contributed by atoms with E-state index >= 15 is 0 Å². The summed E-state index contributed by atoms with van der Waals surface area (Å²) in [6.07, 6.45) is 4.46. The lowest BCUT2D eigenvalue weighted by atomic mass is 10.3. The summed E-state index contributed by atoms with van der Waals surface area (Å²) in [5, 5.41) is 0. The third-order valence-corrected chi connectivity index (χ3v) is 0.921. The van der Waals surface area contributed by atoms with E-state index in [-0.39, 0.29) is 0 Å². The Hall–Kier alpha value is -1.12. The third kappa shape index (κ3) is 6.77. The molecule has 0 aliphatic carbocycles. The molecule has 0 rings (SSSR count). The Morgan fingerprint density at radius 1 is 1.55 bits per heavy atom. The molecule has 0 radical (unpaired) electrons. The molecule has 0 saturated heterocycles. The van der Waals surface area contributed by atoms with E-state index in [9.17, 15) is 9.18 Å². The zero-order valence-electron chi connectivity index (χ0n) is 6.58. The Labute approximate surface area is 65.4 Å². The van der Waals surface area contributed by atoms with Crippen molar-refractivity contribution in [3.8, 4) is 0 Å². The number of esters is 1. The van der Waals surface area contributed by atoms with Crippen LogP contribution < -0.4 is 0 Å². The number of alkyl halides is 1. The highest BCUT2D eigenvalue weighted by atomic mass is 19.1. The summed E-state index contributed by atoms with van der Waals surface area (Å²) in [5.41, 5.74) is 0. The largest absolute Gasteiger partial charge is 0.466 e. The van der Waals surface area contributed by atoms with Crippen LogP contribution in [0.15, 0.2) is 24.3 Å². The van der Waals surface area contributed by atoms with Crippen molar-refractivity contribution in [1.82, 2.24) is 0 Å². The lowest BCUT2D eigenvalue weighted by Gasteiger charge is -1.87. The highest BCUT2D eigenvalue weighted by Crippen LogP contribution is 1.90. The van der Waals surface area contributed by atoms with Gasteiger partial charge in [0.2, 0.25) is 0 Å². The van der Waals surface area contributed by atoms with Crippen LogP contribution in [0.3, 0.4) is 0 Å². The molecule has 0 aromatic heterocycles. The lowest BCUT2D eigenvalue weighted by molar-refractivity contribution is -0.134. The fourth-order valence-corrected chi connectivity index (χ4v) is 0.419. The second-order valence-corrected chi connectivity index (χ2v) is 1.94. The number of ether oxygens (including phenoxy) is 1. The smallest absolute Gasteiger partial charge is 0.330 e. The maximum Gasteiger partial charge on any atom is 0.330 e. The molecule has 0 bridgehead atoms. The maximum atomic E-state index is 12.1. The molecule has 0 aromatic carbocycles. The Morgan fingerprint density at radius 3 is 2.64 bits per heavy atom. The fraction of sp³-hybridized carbons (Fsp3) is 0.375. The monoisotopic (exact) mass is 158 g/mol. The minimum absolute atomic E-state index is 0.443. The lowest BCUT2D eigenvalue weighted by Crippen LogP contribution is -1.92. The molecule has 0 spiro atoms. The van der Waals surface area contributed by atoms with Gasteiger partial charge in [0.15, 0.2) is 0 Å². The SMILES string of the molecule is COC(=O)/C=C/C=C/C(C)F. The molecule has 11 heavy (non-hydrogen) atoms. The molecule has 3 heteroatoms. The van der Waals surface area contributed by atoms with Crippen molar-refractivity contribution in [3.63, 3.8) is 0 Å². The van der Waals surface area contributed by atoms with Gasteiger partial charge in [-0.2, -0.15) is 0 Å². The van der Waals surface area contributed by atoms with E-state index in [1.54, 1.807) is 0 Å². The molecular weight excluding hydrogens is 147 g/mol. The molecule has 0 amide bonds. The van der Waals surface area contributed by atoms with E-state index in [1.165, 1.54) is 38.3 Å². The number of rotatable bonds is 3. The second-order valence-electron chi connectivity index (χ2n) is 1.94. The van der Waals surface area contributed by atoms with Gasteiger partial charge in [-0.3, -0.25) is 0 Å². The van der Waals surface area contributed by atoms with E-state index < -0.39 is 12.1 Å². The van der Waals surface area contributed by atoms with Gasteiger partial charge < -0.3 is 4.74 Å².